The van der Waals surface area contributed by atoms with Gasteiger partial charge in [-0.2, -0.15) is 0 Å². The minimum absolute atomic E-state index is 0.0583. The number of pyridine rings is 1. The van der Waals surface area contributed by atoms with Gasteiger partial charge in [-0.05, 0) is 82.5 Å². The zero-order valence-electron chi connectivity index (χ0n) is 26.0. The van der Waals surface area contributed by atoms with Crippen molar-refractivity contribution in [2.24, 2.45) is 17.6 Å². The number of carbonyl (C=O) groups is 1. The number of likely N-dealkylation sites (tertiary alicyclic amines) is 1. The maximum Gasteiger partial charge on any atom is 0.270 e. The molecule has 1 aromatic carbocycles. The Bertz CT molecular complexity index is 1060. The van der Waals surface area contributed by atoms with E-state index < -0.39 is 6.10 Å². The highest BCUT2D eigenvalue weighted by molar-refractivity contribution is 5.92. The molecule has 6 atom stereocenters. The summed E-state index contributed by atoms with van der Waals surface area (Å²) in [4.78, 5) is 19.6. The van der Waals surface area contributed by atoms with E-state index in [1.54, 1.807) is 18.3 Å². The molecule has 0 radical (unpaired) electrons. The lowest BCUT2D eigenvalue weighted by molar-refractivity contribution is -0.00359. The van der Waals surface area contributed by atoms with E-state index in [1.165, 1.54) is 37.7 Å². The highest BCUT2D eigenvalue weighted by atomic mass is 16.3. The maximum absolute atomic E-state index is 12.8. The van der Waals surface area contributed by atoms with E-state index in [9.17, 15) is 9.90 Å². The summed E-state index contributed by atoms with van der Waals surface area (Å²) >= 11 is 0. The fraction of sp³-hybridized carbons (Fsp3) is 0.647. The van der Waals surface area contributed by atoms with Crippen molar-refractivity contribution in [1.29, 1.82) is 0 Å². The van der Waals surface area contributed by atoms with Gasteiger partial charge < -0.3 is 26.8 Å². The van der Waals surface area contributed by atoms with Crippen LogP contribution in [0.4, 0.5) is 0 Å². The molecule has 1 aliphatic carbocycles. The van der Waals surface area contributed by atoms with Gasteiger partial charge in [-0.15, -0.1) is 0 Å². The third-order valence-corrected chi connectivity index (χ3v) is 9.05. The first-order valence-corrected chi connectivity index (χ1v) is 16.1. The number of carbonyl (C=O) groups excluding carboxylic acids is 1. The number of rotatable bonds is 14. The van der Waals surface area contributed by atoms with Gasteiger partial charge in [0.25, 0.3) is 5.91 Å². The van der Waals surface area contributed by atoms with Crippen molar-refractivity contribution in [1.82, 2.24) is 25.8 Å². The van der Waals surface area contributed by atoms with Crippen LogP contribution >= 0.6 is 0 Å². The zero-order chi connectivity index (χ0) is 30.0. The minimum Gasteiger partial charge on any atom is -0.390 e. The van der Waals surface area contributed by atoms with Crippen LogP contribution in [0.1, 0.15) is 75.3 Å². The Balaban J connectivity index is 1.45. The Hall–Kier alpha value is -2.36. The number of nitrogens with two attached hydrogens (primary N) is 1. The van der Waals surface area contributed by atoms with Crippen molar-refractivity contribution in [2.75, 3.05) is 32.7 Å². The fourth-order valence-electron chi connectivity index (χ4n) is 6.70. The van der Waals surface area contributed by atoms with E-state index in [0.717, 1.165) is 24.9 Å². The molecule has 1 amide bonds. The van der Waals surface area contributed by atoms with Crippen molar-refractivity contribution >= 4 is 5.91 Å². The van der Waals surface area contributed by atoms with Crippen LogP contribution in [0.2, 0.25) is 0 Å². The molecule has 1 saturated carbocycles. The van der Waals surface area contributed by atoms with Crippen LogP contribution in [-0.4, -0.2) is 83.4 Å². The van der Waals surface area contributed by atoms with Crippen LogP contribution in [0.5, 0.6) is 0 Å². The smallest absolute Gasteiger partial charge is 0.270 e. The Kier molecular flexibility index (Phi) is 12.3. The van der Waals surface area contributed by atoms with E-state index in [0.29, 0.717) is 44.2 Å². The second kappa shape index (κ2) is 15.9. The van der Waals surface area contributed by atoms with Crippen LogP contribution in [0.25, 0.3) is 0 Å². The van der Waals surface area contributed by atoms with E-state index in [1.807, 2.05) is 24.3 Å². The molecular formula is C34H54N6O2. The minimum atomic E-state index is -0.562. The lowest BCUT2D eigenvalue weighted by atomic mass is 9.72. The first-order chi connectivity index (χ1) is 20.2. The van der Waals surface area contributed by atoms with E-state index in [-0.39, 0.29) is 23.5 Å². The standard InChI is InChI=1S/C34H54N6O2/c1-34(2,3)38-22-29-20-26-13-7-8-14-27(26)23-40(29)24-32(41)31(19-25-11-5-4-6-12-25)37-21-28(16-17-35)39-33(42)30-15-9-10-18-36-30/h4-6,9-12,15,18,26-29,31-32,37-38,41H,7-8,13-14,16-17,19-24,35H2,1-3H3,(H,39,42)/t26?,27?,28-,29-,31-,32+/m0/s1. The number of amides is 1. The summed E-state index contributed by atoms with van der Waals surface area (Å²) in [6.45, 7) is 10.3. The van der Waals surface area contributed by atoms with Crippen LogP contribution < -0.4 is 21.7 Å². The Labute approximate surface area is 253 Å². The summed E-state index contributed by atoms with van der Waals surface area (Å²) in [6.07, 6.45) is 8.93. The molecule has 1 saturated heterocycles. The first-order valence-electron chi connectivity index (χ1n) is 16.1. The third kappa shape index (κ3) is 10.1. The summed E-state index contributed by atoms with van der Waals surface area (Å²) in [7, 11) is 0. The number of aromatic nitrogens is 1. The van der Waals surface area contributed by atoms with Gasteiger partial charge in [-0.1, -0.05) is 55.7 Å². The molecule has 2 aliphatic rings. The molecule has 2 unspecified atom stereocenters. The van der Waals surface area contributed by atoms with Crippen molar-refractivity contribution in [3.63, 3.8) is 0 Å². The van der Waals surface area contributed by atoms with Gasteiger partial charge in [0, 0.05) is 56.0 Å². The molecule has 0 spiro atoms. The van der Waals surface area contributed by atoms with Crippen molar-refractivity contribution in [2.45, 2.75) is 95.5 Å². The van der Waals surface area contributed by atoms with Gasteiger partial charge in [-0.3, -0.25) is 14.7 Å². The summed E-state index contributed by atoms with van der Waals surface area (Å²) in [6, 6.07) is 15.7. The summed E-state index contributed by atoms with van der Waals surface area (Å²) in [5.74, 6) is 1.32. The largest absolute Gasteiger partial charge is 0.390 e. The molecule has 1 aromatic heterocycles. The predicted molar refractivity (Wildman–Crippen MR) is 170 cm³/mol. The topological polar surface area (TPSA) is 116 Å². The van der Waals surface area contributed by atoms with Crippen molar-refractivity contribution in [3.8, 4) is 0 Å². The average Bonchev–Trinajstić information content (AvgIpc) is 2.98. The molecule has 0 bridgehead atoms. The molecular weight excluding hydrogens is 524 g/mol. The lowest BCUT2D eigenvalue weighted by Gasteiger charge is -2.48. The molecule has 2 heterocycles. The summed E-state index contributed by atoms with van der Waals surface area (Å²) < 4.78 is 0. The average molecular weight is 579 g/mol. The van der Waals surface area contributed by atoms with Gasteiger partial charge in [-0.25, -0.2) is 0 Å². The summed E-state index contributed by atoms with van der Waals surface area (Å²) in [5.41, 5.74) is 7.56. The van der Waals surface area contributed by atoms with Gasteiger partial charge in [0.1, 0.15) is 5.69 Å². The predicted octanol–water partition coefficient (Wildman–Crippen LogP) is 3.36. The normalized spacial score (nSPS) is 23.5. The third-order valence-electron chi connectivity index (χ3n) is 9.05. The molecule has 8 heteroatoms. The SMILES string of the molecule is CC(C)(C)NC[C@@H]1CC2CCCCC2CN1C[C@@H](O)[C@H](Cc1ccccc1)NC[C@H](CCN)NC(=O)c1ccccn1. The van der Waals surface area contributed by atoms with Gasteiger partial charge in [0.05, 0.1) is 6.10 Å². The number of nitrogens with one attached hydrogen (secondary N) is 3. The quantitative estimate of drug-likeness (QED) is 0.234. The summed E-state index contributed by atoms with van der Waals surface area (Å²) in [5, 5.41) is 22.3. The van der Waals surface area contributed by atoms with Gasteiger partial charge >= 0.3 is 0 Å². The Morgan fingerprint density at radius 3 is 2.52 bits per heavy atom. The number of benzene rings is 1. The maximum atomic E-state index is 12.8. The molecule has 1 aliphatic heterocycles. The van der Waals surface area contributed by atoms with Crippen molar-refractivity contribution in [3.05, 3.63) is 66.0 Å². The molecule has 6 N–H and O–H groups in total. The fourth-order valence-corrected chi connectivity index (χ4v) is 6.70. The molecule has 4 rings (SSSR count). The monoisotopic (exact) mass is 578 g/mol. The highest BCUT2D eigenvalue weighted by Gasteiger charge is 2.38. The molecule has 2 aromatic rings. The number of aliphatic hydroxyl groups is 1. The number of hydrogen-bond donors (Lipinski definition) is 5. The molecule has 8 nitrogen and oxygen atoms in total. The van der Waals surface area contributed by atoms with E-state index >= 15 is 0 Å². The molecule has 232 valence electrons. The zero-order valence-corrected chi connectivity index (χ0v) is 26.0. The second-order valence-electron chi connectivity index (χ2n) is 13.5. The number of hydrogen-bond acceptors (Lipinski definition) is 7. The van der Waals surface area contributed by atoms with Crippen LogP contribution in [-0.2, 0) is 6.42 Å². The number of nitrogens with zero attached hydrogens (tertiary/aromatic N) is 2. The second-order valence-corrected chi connectivity index (χ2v) is 13.5. The van der Waals surface area contributed by atoms with Crippen LogP contribution in [0.15, 0.2) is 54.7 Å². The molecule has 2 fully saturated rings. The van der Waals surface area contributed by atoms with Crippen molar-refractivity contribution < 1.29 is 9.90 Å². The van der Waals surface area contributed by atoms with Gasteiger partial charge in [0.2, 0.25) is 0 Å². The highest BCUT2D eigenvalue weighted by Crippen LogP contribution is 2.38. The number of piperidine rings is 1. The first kappa shape index (κ1) is 32.6. The van der Waals surface area contributed by atoms with Crippen LogP contribution in [0.3, 0.4) is 0 Å². The Morgan fingerprint density at radius 1 is 1.10 bits per heavy atom. The van der Waals surface area contributed by atoms with Crippen LogP contribution in [0, 0.1) is 11.8 Å². The molecule has 42 heavy (non-hydrogen) atoms. The Morgan fingerprint density at radius 2 is 1.83 bits per heavy atom. The van der Waals surface area contributed by atoms with Gasteiger partial charge in [0.15, 0.2) is 0 Å². The van der Waals surface area contributed by atoms with E-state index in [2.05, 4.69) is 58.7 Å². The lowest BCUT2D eigenvalue weighted by Crippen LogP contribution is -2.58. The number of aliphatic hydroxyl groups excluding tert-OH is 1. The van der Waals surface area contributed by atoms with E-state index in [4.69, 9.17) is 5.73 Å². The number of fused-ring (bicyclic) bond motifs is 1. The number of β-amino-alcohol motifs (C(OH)–C–C–N with tert-alkyl or cyclic N) is 1.